The third kappa shape index (κ3) is 6.86. The Labute approximate surface area is 92.7 Å². The van der Waals surface area contributed by atoms with Crippen LogP contribution in [0.15, 0.2) is 30.3 Å². The summed E-state index contributed by atoms with van der Waals surface area (Å²) < 4.78 is 0. The normalized spacial score (nSPS) is 9.00. The first-order chi connectivity index (χ1) is 7.26. The zero-order chi connectivity index (χ0) is 11.5. The van der Waals surface area contributed by atoms with E-state index < -0.39 is 0 Å². The molecule has 1 N–H and O–H groups in total. The van der Waals surface area contributed by atoms with Crippen molar-refractivity contribution in [3.8, 4) is 0 Å². The molecule has 0 spiro atoms. The highest BCUT2D eigenvalue weighted by Gasteiger charge is 1.98. The van der Waals surface area contributed by atoms with Crippen molar-refractivity contribution in [1.82, 2.24) is 5.32 Å². The monoisotopic (exact) mass is 207 g/mol. The van der Waals surface area contributed by atoms with E-state index in [-0.39, 0.29) is 5.78 Å². The summed E-state index contributed by atoms with van der Waals surface area (Å²) in [5.74, 6) is 0.209. The lowest BCUT2D eigenvalue weighted by molar-refractivity contribution is 0.0988. The van der Waals surface area contributed by atoms with Crippen molar-refractivity contribution in [2.75, 3.05) is 13.1 Å². The van der Waals surface area contributed by atoms with E-state index in [1.165, 1.54) is 0 Å². The number of hydrogen-bond donors (Lipinski definition) is 1. The minimum absolute atomic E-state index is 0.209. The van der Waals surface area contributed by atoms with E-state index in [2.05, 4.69) is 19.2 Å². The second-order valence-electron chi connectivity index (χ2n) is 3.10. The Morgan fingerprint density at radius 1 is 1.07 bits per heavy atom. The summed E-state index contributed by atoms with van der Waals surface area (Å²) in [5, 5.41) is 3.11. The van der Waals surface area contributed by atoms with Gasteiger partial charge in [-0.25, -0.2) is 0 Å². The predicted molar refractivity (Wildman–Crippen MR) is 65.3 cm³/mol. The van der Waals surface area contributed by atoms with Crippen molar-refractivity contribution in [2.45, 2.75) is 27.2 Å². The molecule has 0 aliphatic rings. The lowest BCUT2D eigenvalue weighted by Gasteiger charge is -1.93. The molecule has 2 nitrogen and oxygen atoms in total. The molecule has 0 amide bonds. The molecular formula is C13H21NO. The van der Waals surface area contributed by atoms with Crippen molar-refractivity contribution in [3.05, 3.63) is 35.9 Å². The molecule has 84 valence electrons. The molecule has 0 heterocycles. The zero-order valence-electron chi connectivity index (χ0n) is 9.92. The van der Waals surface area contributed by atoms with Gasteiger partial charge in [0, 0.05) is 12.0 Å². The Morgan fingerprint density at radius 3 is 1.93 bits per heavy atom. The van der Waals surface area contributed by atoms with E-state index in [0.29, 0.717) is 6.42 Å². The molecule has 2 heteroatoms. The second kappa shape index (κ2) is 9.41. The Morgan fingerprint density at radius 2 is 1.60 bits per heavy atom. The topological polar surface area (TPSA) is 29.1 Å². The van der Waals surface area contributed by atoms with Gasteiger partial charge in [0.05, 0.1) is 0 Å². The van der Waals surface area contributed by atoms with E-state index in [9.17, 15) is 4.79 Å². The average Bonchev–Trinajstić information content (AvgIpc) is 2.31. The number of ketones is 1. The third-order valence-corrected chi connectivity index (χ3v) is 1.92. The third-order valence-electron chi connectivity index (χ3n) is 1.92. The molecule has 0 atom stereocenters. The SMILES string of the molecule is CCC(=O)c1ccccc1.CCNCC. The maximum absolute atomic E-state index is 11.0. The minimum atomic E-state index is 0.209. The Balaban J connectivity index is 0.000000336. The van der Waals surface area contributed by atoms with Gasteiger partial charge in [-0.2, -0.15) is 0 Å². The van der Waals surface area contributed by atoms with Crippen LogP contribution in [-0.4, -0.2) is 18.9 Å². The van der Waals surface area contributed by atoms with Gasteiger partial charge in [-0.15, -0.1) is 0 Å². The summed E-state index contributed by atoms with van der Waals surface area (Å²) in [5.41, 5.74) is 0.810. The van der Waals surface area contributed by atoms with Crippen LogP contribution in [0.4, 0.5) is 0 Å². The van der Waals surface area contributed by atoms with Crippen LogP contribution < -0.4 is 5.32 Å². The summed E-state index contributed by atoms with van der Waals surface area (Å²) in [6, 6.07) is 9.34. The highest BCUT2D eigenvalue weighted by atomic mass is 16.1. The minimum Gasteiger partial charge on any atom is -0.317 e. The van der Waals surface area contributed by atoms with Crippen LogP contribution >= 0.6 is 0 Å². The number of benzene rings is 1. The lowest BCUT2D eigenvalue weighted by atomic mass is 10.1. The fraction of sp³-hybridized carbons (Fsp3) is 0.462. The van der Waals surface area contributed by atoms with E-state index in [1.54, 1.807) is 0 Å². The smallest absolute Gasteiger partial charge is 0.162 e. The first-order valence-electron chi connectivity index (χ1n) is 5.55. The number of rotatable bonds is 4. The van der Waals surface area contributed by atoms with Crippen molar-refractivity contribution in [2.24, 2.45) is 0 Å². The summed E-state index contributed by atoms with van der Waals surface area (Å²) >= 11 is 0. The van der Waals surface area contributed by atoms with E-state index >= 15 is 0 Å². The van der Waals surface area contributed by atoms with Gasteiger partial charge in [-0.3, -0.25) is 4.79 Å². The van der Waals surface area contributed by atoms with Gasteiger partial charge in [0.15, 0.2) is 5.78 Å². The maximum Gasteiger partial charge on any atom is 0.162 e. The molecule has 1 rings (SSSR count). The molecule has 0 bridgehead atoms. The molecule has 0 aliphatic carbocycles. The van der Waals surface area contributed by atoms with Gasteiger partial charge >= 0.3 is 0 Å². The molecule has 0 aliphatic heterocycles. The van der Waals surface area contributed by atoms with Crippen molar-refractivity contribution < 1.29 is 4.79 Å². The summed E-state index contributed by atoms with van der Waals surface area (Å²) in [4.78, 5) is 11.0. The first-order valence-corrected chi connectivity index (χ1v) is 5.55. The van der Waals surface area contributed by atoms with Crippen LogP contribution in [0.3, 0.4) is 0 Å². The van der Waals surface area contributed by atoms with E-state index in [1.807, 2.05) is 37.3 Å². The molecule has 0 unspecified atom stereocenters. The lowest BCUT2D eigenvalue weighted by Crippen LogP contribution is -2.09. The largest absolute Gasteiger partial charge is 0.317 e. The Kier molecular flexibility index (Phi) is 8.69. The summed E-state index contributed by atoms with van der Waals surface area (Å²) in [6.07, 6.45) is 0.587. The molecule has 1 aromatic carbocycles. The number of Topliss-reactive ketones (excluding diaryl/α,β-unsaturated/α-hetero) is 1. The zero-order valence-corrected chi connectivity index (χ0v) is 9.92. The fourth-order valence-electron chi connectivity index (χ4n) is 1.08. The first kappa shape index (κ1) is 13.8. The maximum atomic E-state index is 11.0. The molecule has 1 aromatic rings. The molecule has 0 saturated heterocycles. The standard InChI is InChI=1S/C9H10O.C4H11N/c1-2-9(10)8-6-4-3-5-7-8;1-3-5-4-2/h3-7H,2H2,1H3;5H,3-4H2,1-2H3. The molecular weight excluding hydrogens is 186 g/mol. The highest BCUT2D eigenvalue weighted by molar-refractivity contribution is 5.95. The molecule has 0 aromatic heterocycles. The van der Waals surface area contributed by atoms with Gasteiger partial charge in [0.1, 0.15) is 0 Å². The fourth-order valence-corrected chi connectivity index (χ4v) is 1.08. The molecule has 0 saturated carbocycles. The number of nitrogens with one attached hydrogen (secondary N) is 1. The Hall–Kier alpha value is -1.15. The summed E-state index contributed by atoms with van der Waals surface area (Å²) in [6.45, 7) is 8.26. The quantitative estimate of drug-likeness (QED) is 0.769. The van der Waals surface area contributed by atoms with Gasteiger partial charge in [0.2, 0.25) is 0 Å². The average molecular weight is 207 g/mol. The van der Waals surface area contributed by atoms with Crippen LogP contribution in [-0.2, 0) is 0 Å². The molecule has 0 radical (unpaired) electrons. The van der Waals surface area contributed by atoms with Crippen molar-refractivity contribution in [1.29, 1.82) is 0 Å². The van der Waals surface area contributed by atoms with E-state index in [4.69, 9.17) is 0 Å². The number of hydrogen-bond acceptors (Lipinski definition) is 2. The van der Waals surface area contributed by atoms with Crippen LogP contribution in [0.2, 0.25) is 0 Å². The molecule has 15 heavy (non-hydrogen) atoms. The number of carbonyl (C=O) groups is 1. The second-order valence-corrected chi connectivity index (χ2v) is 3.10. The Bertz CT molecular complexity index is 254. The number of carbonyl (C=O) groups excluding carboxylic acids is 1. The van der Waals surface area contributed by atoms with Gasteiger partial charge in [-0.1, -0.05) is 51.1 Å². The van der Waals surface area contributed by atoms with Gasteiger partial charge in [0.25, 0.3) is 0 Å². The van der Waals surface area contributed by atoms with Crippen molar-refractivity contribution in [3.63, 3.8) is 0 Å². The van der Waals surface area contributed by atoms with Crippen LogP contribution in [0, 0.1) is 0 Å². The van der Waals surface area contributed by atoms with Crippen LogP contribution in [0.1, 0.15) is 37.6 Å². The van der Waals surface area contributed by atoms with E-state index in [0.717, 1.165) is 18.7 Å². The van der Waals surface area contributed by atoms with Gasteiger partial charge in [-0.05, 0) is 13.1 Å². The molecule has 0 fully saturated rings. The van der Waals surface area contributed by atoms with Crippen LogP contribution in [0.5, 0.6) is 0 Å². The highest BCUT2D eigenvalue weighted by Crippen LogP contribution is 2.01. The predicted octanol–water partition coefficient (Wildman–Crippen LogP) is 2.90. The van der Waals surface area contributed by atoms with Gasteiger partial charge < -0.3 is 5.32 Å². The van der Waals surface area contributed by atoms with Crippen LogP contribution in [0.25, 0.3) is 0 Å². The summed E-state index contributed by atoms with van der Waals surface area (Å²) in [7, 11) is 0. The van der Waals surface area contributed by atoms with Crippen molar-refractivity contribution >= 4 is 5.78 Å².